The highest BCUT2D eigenvalue weighted by Crippen LogP contribution is 2.39. The smallest absolute Gasteiger partial charge is 0.410 e. The molecular weight excluding hydrogens is 294 g/mol. The lowest BCUT2D eigenvalue weighted by atomic mass is 9.86. The third-order valence-corrected chi connectivity index (χ3v) is 5.87. The second-order valence-corrected chi connectivity index (χ2v) is 7.52. The van der Waals surface area contributed by atoms with E-state index in [1.54, 1.807) is 4.90 Å². The molecule has 2 bridgehead atoms. The van der Waals surface area contributed by atoms with Crippen molar-refractivity contribution >= 4 is 6.09 Å². The van der Waals surface area contributed by atoms with Gasteiger partial charge in [-0.3, -0.25) is 4.90 Å². The van der Waals surface area contributed by atoms with Gasteiger partial charge in [-0.1, -0.05) is 5.21 Å². The summed E-state index contributed by atoms with van der Waals surface area (Å²) in [5.74, 6) is 1.19. The Hall–Kier alpha value is -1.63. The van der Waals surface area contributed by atoms with Gasteiger partial charge < -0.3 is 9.64 Å². The fraction of sp³-hybridized carbons (Fsp3) is 0.812. The Balaban J connectivity index is 1.14. The number of carbonyl (C=O) groups is 1. The zero-order valence-electron chi connectivity index (χ0n) is 13.3. The van der Waals surface area contributed by atoms with Crippen molar-refractivity contribution < 1.29 is 9.53 Å². The summed E-state index contributed by atoms with van der Waals surface area (Å²) in [5.41, 5.74) is 1.11. The normalized spacial score (nSPS) is 33.6. The van der Waals surface area contributed by atoms with Crippen LogP contribution in [0.5, 0.6) is 0 Å². The highest BCUT2D eigenvalue weighted by atomic mass is 16.6. The number of ether oxygens (including phenoxy) is 1. The van der Waals surface area contributed by atoms with Crippen LogP contribution in [-0.2, 0) is 4.74 Å². The van der Waals surface area contributed by atoms with Gasteiger partial charge in [0.1, 0.15) is 6.10 Å². The van der Waals surface area contributed by atoms with Crippen molar-refractivity contribution in [1.29, 1.82) is 0 Å². The Kier molecular flexibility index (Phi) is 3.11. The van der Waals surface area contributed by atoms with Crippen molar-refractivity contribution in [3.63, 3.8) is 0 Å². The van der Waals surface area contributed by atoms with Crippen LogP contribution in [0.3, 0.4) is 0 Å². The van der Waals surface area contributed by atoms with Crippen LogP contribution in [0.15, 0.2) is 6.20 Å². The van der Waals surface area contributed by atoms with Crippen LogP contribution in [-0.4, -0.2) is 69.7 Å². The van der Waals surface area contributed by atoms with Crippen LogP contribution < -0.4 is 0 Å². The lowest BCUT2D eigenvalue weighted by Crippen LogP contribution is -2.56. The van der Waals surface area contributed by atoms with Crippen molar-refractivity contribution in [2.75, 3.05) is 32.7 Å². The summed E-state index contributed by atoms with van der Waals surface area (Å²) < 4.78 is 7.69. The number of piperidine rings is 3. The monoisotopic (exact) mass is 317 g/mol. The van der Waals surface area contributed by atoms with Crippen molar-refractivity contribution in [3.8, 4) is 0 Å². The van der Waals surface area contributed by atoms with Crippen LogP contribution >= 0.6 is 0 Å². The van der Waals surface area contributed by atoms with Crippen LogP contribution in [0.25, 0.3) is 0 Å². The molecule has 1 atom stereocenters. The average molecular weight is 317 g/mol. The van der Waals surface area contributed by atoms with Gasteiger partial charge >= 0.3 is 6.09 Å². The Morgan fingerprint density at radius 1 is 1.13 bits per heavy atom. The van der Waals surface area contributed by atoms with Crippen LogP contribution in [0, 0.1) is 5.92 Å². The zero-order valence-corrected chi connectivity index (χ0v) is 13.3. The summed E-state index contributed by atoms with van der Waals surface area (Å²) in [6.07, 6.45) is 6.81. The summed E-state index contributed by atoms with van der Waals surface area (Å²) >= 11 is 0. The maximum Gasteiger partial charge on any atom is 0.410 e. The third kappa shape index (κ3) is 2.51. The van der Waals surface area contributed by atoms with Gasteiger partial charge in [0.25, 0.3) is 0 Å². The molecule has 5 aliphatic rings. The molecule has 124 valence electrons. The van der Waals surface area contributed by atoms with Crippen LogP contribution in [0.2, 0.25) is 0 Å². The van der Waals surface area contributed by atoms with E-state index in [0.717, 1.165) is 12.2 Å². The van der Waals surface area contributed by atoms with Gasteiger partial charge in [0.05, 0.1) is 11.7 Å². The SMILES string of the molecule is O=C(OC1CN2CCC1CC2)N1CC(n2cc(C3CC3)nn2)C1. The van der Waals surface area contributed by atoms with Gasteiger partial charge in [-0.25, -0.2) is 9.48 Å². The minimum Gasteiger partial charge on any atom is -0.444 e. The first kappa shape index (κ1) is 13.8. The number of hydrogen-bond acceptors (Lipinski definition) is 5. The molecule has 1 amide bonds. The molecule has 6 rings (SSSR count). The topological polar surface area (TPSA) is 63.5 Å². The van der Waals surface area contributed by atoms with E-state index in [-0.39, 0.29) is 18.2 Å². The molecule has 23 heavy (non-hydrogen) atoms. The van der Waals surface area contributed by atoms with E-state index >= 15 is 0 Å². The number of aromatic nitrogens is 3. The molecule has 5 fully saturated rings. The molecule has 0 spiro atoms. The standard InChI is InChI=1S/C16H23N5O2/c22-16(23-15-10-19-5-3-12(15)4-6-19)20-7-13(8-20)21-9-14(17-18-21)11-1-2-11/h9,11-13,15H,1-8,10H2. The number of hydrogen-bond donors (Lipinski definition) is 0. The van der Waals surface area contributed by atoms with E-state index in [0.29, 0.717) is 24.9 Å². The summed E-state index contributed by atoms with van der Waals surface area (Å²) in [7, 11) is 0. The van der Waals surface area contributed by atoms with E-state index in [1.807, 2.05) is 4.68 Å². The largest absolute Gasteiger partial charge is 0.444 e. The minimum absolute atomic E-state index is 0.0943. The van der Waals surface area contributed by atoms with Gasteiger partial charge in [-0.2, -0.15) is 0 Å². The van der Waals surface area contributed by atoms with E-state index in [2.05, 4.69) is 21.4 Å². The molecule has 4 saturated heterocycles. The Morgan fingerprint density at radius 2 is 1.91 bits per heavy atom. The molecular formula is C16H23N5O2. The molecule has 0 aromatic carbocycles. The third-order valence-electron chi connectivity index (χ3n) is 5.87. The minimum atomic E-state index is -0.150. The number of likely N-dealkylation sites (tertiary alicyclic amines) is 1. The van der Waals surface area contributed by atoms with E-state index in [9.17, 15) is 4.79 Å². The number of fused-ring (bicyclic) bond motifs is 3. The number of amides is 1. The lowest BCUT2D eigenvalue weighted by Gasteiger charge is -2.45. The number of rotatable bonds is 3. The van der Waals surface area contributed by atoms with Crippen LogP contribution in [0.4, 0.5) is 4.79 Å². The summed E-state index contributed by atoms with van der Waals surface area (Å²) in [4.78, 5) is 16.5. The molecule has 0 N–H and O–H groups in total. The van der Waals surface area contributed by atoms with Crippen LogP contribution in [0.1, 0.15) is 43.3 Å². The molecule has 1 aromatic heterocycles. The van der Waals surface area contributed by atoms with Gasteiger partial charge in [-0.05, 0) is 44.7 Å². The summed E-state index contributed by atoms with van der Waals surface area (Å²) in [6.45, 7) is 4.63. The van der Waals surface area contributed by atoms with E-state index in [1.165, 1.54) is 38.8 Å². The number of carbonyl (C=O) groups excluding carboxylic acids is 1. The number of nitrogens with zero attached hydrogens (tertiary/aromatic N) is 5. The fourth-order valence-electron chi connectivity index (χ4n) is 4.06. The van der Waals surface area contributed by atoms with E-state index < -0.39 is 0 Å². The molecule has 1 unspecified atom stereocenters. The molecule has 7 nitrogen and oxygen atoms in total. The van der Waals surface area contributed by atoms with Gasteiger partial charge in [0, 0.05) is 31.7 Å². The average Bonchev–Trinajstić information content (AvgIpc) is 3.26. The Morgan fingerprint density at radius 3 is 2.57 bits per heavy atom. The molecule has 1 saturated carbocycles. The predicted molar refractivity (Wildman–Crippen MR) is 82.0 cm³/mol. The maximum atomic E-state index is 12.3. The molecule has 7 heteroatoms. The first-order valence-electron chi connectivity index (χ1n) is 8.86. The maximum absolute atomic E-state index is 12.3. The quantitative estimate of drug-likeness (QED) is 0.839. The fourth-order valence-corrected chi connectivity index (χ4v) is 4.06. The van der Waals surface area contributed by atoms with Crippen molar-refractivity contribution in [2.45, 2.75) is 43.7 Å². The zero-order chi connectivity index (χ0) is 15.4. The van der Waals surface area contributed by atoms with Gasteiger partial charge in [-0.15, -0.1) is 5.10 Å². The molecule has 0 radical (unpaired) electrons. The van der Waals surface area contributed by atoms with E-state index in [4.69, 9.17) is 4.74 Å². The highest BCUT2D eigenvalue weighted by molar-refractivity contribution is 5.69. The molecule has 4 aliphatic heterocycles. The second-order valence-electron chi connectivity index (χ2n) is 7.52. The van der Waals surface area contributed by atoms with Gasteiger partial charge in [0.2, 0.25) is 0 Å². The van der Waals surface area contributed by atoms with Gasteiger partial charge in [0.15, 0.2) is 0 Å². The highest BCUT2D eigenvalue weighted by Gasteiger charge is 2.40. The lowest BCUT2D eigenvalue weighted by molar-refractivity contribution is -0.0526. The molecule has 1 aliphatic carbocycles. The molecule has 1 aromatic rings. The summed E-state index contributed by atoms with van der Waals surface area (Å²) in [5, 5.41) is 8.46. The Labute approximate surface area is 135 Å². The first-order chi connectivity index (χ1) is 11.3. The Bertz CT molecular complexity index is 599. The first-order valence-corrected chi connectivity index (χ1v) is 8.86. The summed E-state index contributed by atoms with van der Waals surface area (Å²) in [6, 6.07) is 0.258. The molecule has 5 heterocycles. The van der Waals surface area contributed by atoms with Crippen molar-refractivity contribution in [1.82, 2.24) is 24.8 Å². The van der Waals surface area contributed by atoms with Crippen molar-refractivity contribution in [3.05, 3.63) is 11.9 Å². The predicted octanol–water partition coefficient (Wildman–Crippen LogP) is 1.24. The second kappa shape index (κ2) is 5.19. The van der Waals surface area contributed by atoms with Crippen molar-refractivity contribution in [2.24, 2.45) is 5.92 Å².